The molecule has 0 spiro atoms. The van der Waals surface area contributed by atoms with Crippen LogP contribution in [0.25, 0.3) is 0 Å². The van der Waals surface area contributed by atoms with E-state index in [1.54, 1.807) is 28.9 Å². The van der Waals surface area contributed by atoms with Gasteiger partial charge >= 0.3 is 0 Å². The van der Waals surface area contributed by atoms with Gasteiger partial charge in [0.05, 0.1) is 4.90 Å². The Morgan fingerprint density at radius 1 is 1.09 bits per heavy atom. The van der Waals surface area contributed by atoms with E-state index in [9.17, 15) is 18.0 Å². The van der Waals surface area contributed by atoms with E-state index in [1.807, 2.05) is 0 Å². The van der Waals surface area contributed by atoms with E-state index in [4.69, 9.17) is 17.3 Å². The molecule has 14 heteroatoms. The van der Waals surface area contributed by atoms with Crippen molar-refractivity contribution < 1.29 is 26.8 Å². The van der Waals surface area contributed by atoms with E-state index in [2.05, 4.69) is 10.3 Å². The number of carbonyl (C=O) groups excluding carboxylic acids is 2. The molecule has 3 N–H and O–H groups in total. The van der Waals surface area contributed by atoms with Gasteiger partial charge in [-0.05, 0) is 75.4 Å². The first-order chi connectivity index (χ1) is 20.9. The first-order valence-corrected chi connectivity index (χ1v) is 16.9. The minimum Gasteiger partial charge on any atom is -0.354 e. The zero-order chi connectivity index (χ0) is 31.6. The summed E-state index contributed by atoms with van der Waals surface area (Å²) in [4.78, 5) is 32.3. The molecule has 10 nitrogen and oxygen atoms in total. The number of hydrogen-bond donors (Lipinski definition) is 2. The van der Waals surface area contributed by atoms with Crippen LogP contribution < -0.4 is 20.9 Å². The monoisotopic (exact) mass is 652 g/mol. The highest BCUT2D eigenvalue weighted by atomic mass is 35.5. The summed E-state index contributed by atoms with van der Waals surface area (Å²) >= 11 is 6.23. The number of benzene rings is 1. The number of pyridine rings is 1. The van der Waals surface area contributed by atoms with Gasteiger partial charge in [0.2, 0.25) is 21.8 Å². The van der Waals surface area contributed by atoms with Gasteiger partial charge in [0, 0.05) is 74.8 Å². The molecule has 3 heterocycles. The van der Waals surface area contributed by atoms with Crippen molar-refractivity contribution in [3.05, 3.63) is 47.1 Å². The summed E-state index contributed by atoms with van der Waals surface area (Å²) in [5.74, 6) is -4.28. The predicted octanol–water partition coefficient (Wildman–Crippen LogP) is 3.73. The van der Waals surface area contributed by atoms with Crippen molar-refractivity contribution in [1.82, 2.24) is 14.6 Å². The molecule has 1 saturated carbocycles. The van der Waals surface area contributed by atoms with Gasteiger partial charge in [-0.2, -0.15) is 4.31 Å². The van der Waals surface area contributed by atoms with Crippen molar-refractivity contribution in [2.75, 3.05) is 49.1 Å². The minimum absolute atomic E-state index is 0.0254. The summed E-state index contributed by atoms with van der Waals surface area (Å²) in [6.07, 6.45) is 2.39. The second-order valence-corrected chi connectivity index (χ2v) is 14.2. The van der Waals surface area contributed by atoms with Crippen molar-refractivity contribution in [3.8, 4) is 0 Å². The number of sulfonamides is 1. The maximum atomic E-state index is 15.8. The van der Waals surface area contributed by atoms with Crippen LogP contribution in [0, 0.1) is 11.8 Å². The third kappa shape index (κ3) is 6.85. The van der Waals surface area contributed by atoms with Crippen LogP contribution in [0.3, 0.4) is 0 Å². The first-order valence-electron chi connectivity index (χ1n) is 15.1. The molecule has 240 valence electrons. The average Bonchev–Trinajstić information content (AvgIpc) is 3.46. The Kier molecular flexibility index (Phi) is 9.78. The fraction of sp³-hybridized carbons (Fsp3) is 0.567. The van der Waals surface area contributed by atoms with Gasteiger partial charge < -0.3 is 20.9 Å². The Bertz CT molecular complexity index is 1460. The van der Waals surface area contributed by atoms with Crippen LogP contribution in [-0.4, -0.2) is 74.8 Å². The van der Waals surface area contributed by atoms with Gasteiger partial charge in [-0.3, -0.25) is 9.59 Å². The zero-order valence-corrected chi connectivity index (χ0v) is 26.3. The Balaban J connectivity index is 1.21. The fourth-order valence-electron chi connectivity index (χ4n) is 6.24. The minimum atomic E-state index is -3.79. The lowest BCUT2D eigenvalue weighted by molar-refractivity contribution is -0.129. The number of nitrogens with zero attached hydrogens (tertiary/aromatic N) is 4. The smallest absolute Gasteiger partial charge is 0.276 e. The average molecular weight is 653 g/mol. The Hall–Kier alpha value is -2.87. The summed E-state index contributed by atoms with van der Waals surface area (Å²) in [5.41, 5.74) is 6.02. The van der Waals surface area contributed by atoms with Gasteiger partial charge in [-0.25, -0.2) is 22.2 Å². The first kappa shape index (κ1) is 32.5. The Labute approximate surface area is 262 Å². The molecule has 1 atom stereocenters. The van der Waals surface area contributed by atoms with Gasteiger partial charge in [0.15, 0.2) is 0 Å². The number of rotatable bonds is 9. The highest BCUT2D eigenvalue weighted by Gasteiger charge is 2.44. The van der Waals surface area contributed by atoms with Crippen LogP contribution in [0.1, 0.15) is 51.0 Å². The predicted molar refractivity (Wildman–Crippen MR) is 164 cm³/mol. The van der Waals surface area contributed by atoms with Crippen LogP contribution in [0.5, 0.6) is 0 Å². The lowest BCUT2D eigenvalue weighted by atomic mass is 9.77. The second kappa shape index (κ2) is 13.2. The molecule has 2 amide bonds. The van der Waals surface area contributed by atoms with E-state index < -0.39 is 21.9 Å². The molecule has 2 aromatic rings. The molecule has 1 aromatic carbocycles. The SMILES string of the molecule is CC(CN)NC(=O)C1CCC(C(F)(F)c2cc(Cl)nc(N3CCN(S(=O)(=O)c4ccc(N5CCCC5=O)cc4)CC3)c2)CC1. The lowest BCUT2D eigenvalue weighted by Gasteiger charge is -2.36. The molecule has 44 heavy (non-hydrogen) atoms. The number of hydrogen-bond acceptors (Lipinski definition) is 7. The molecule has 1 aromatic heterocycles. The molecule has 2 saturated heterocycles. The van der Waals surface area contributed by atoms with Crippen LogP contribution >= 0.6 is 11.6 Å². The van der Waals surface area contributed by atoms with E-state index in [1.165, 1.54) is 28.6 Å². The second-order valence-electron chi connectivity index (χ2n) is 11.9. The molecule has 1 aliphatic carbocycles. The third-order valence-electron chi connectivity index (χ3n) is 8.94. The molecule has 2 aliphatic heterocycles. The van der Waals surface area contributed by atoms with E-state index in [0.717, 1.165) is 6.42 Å². The van der Waals surface area contributed by atoms with Gasteiger partial charge in [0.25, 0.3) is 5.92 Å². The van der Waals surface area contributed by atoms with E-state index >= 15 is 8.78 Å². The summed E-state index contributed by atoms with van der Waals surface area (Å²) in [5, 5.41) is 2.77. The third-order valence-corrected chi connectivity index (χ3v) is 11.0. The molecule has 5 rings (SSSR count). The number of alkyl halides is 2. The van der Waals surface area contributed by atoms with E-state index in [-0.39, 0.29) is 84.2 Å². The highest BCUT2D eigenvalue weighted by molar-refractivity contribution is 7.89. The Morgan fingerprint density at radius 3 is 2.34 bits per heavy atom. The van der Waals surface area contributed by atoms with Crippen LogP contribution in [0.4, 0.5) is 20.3 Å². The number of nitrogens with one attached hydrogen (secondary N) is 1. The molecule has 3 aliphatic rings. The number of carbonyl (C=O) groups is 2. The number of anilines is 2. The highest BCUT2D eigenvalue weighted by Crippen LogP contribution is 2.46. The van der Waals surface area contributed by atoms with E-state index in [0.29, 0.717) is 38.0 Å². The standard InChI is InChI=1S/C30H39ClF2N6O4S/c1-20(19-34)35-29(41)21-4-6-22(7-5-21)30(32,33)23-17-26(31)36-27(18-23)37-13-15-38(16-14-37)44(42,43)25-10-8-24(9-11-25)39-12-2-3-28(39)40/h8-11,17-18,20-22H,2-7,12-16,19,34H2,1H3,(H,35,41). The summed E-state index contributed by atoms with van der Waals surface area (Å²) in [6.45, 7) is 3.52. The van der Waals surface area contributed by atoms with Crippen molar-refractivity contribution in [1.29, 1.82) is 0 Å². The molecular weight excluding hydrogens is 614 g/mol. The van der Waals surface area contributed by atoms with Crippen LogP contribution in [0.2, 0.25) is 5.15 Å². The van der Waals surface area contributed by atoms with Gasteiger partial charge in [-0.15, -0.1) is 0 Å². The largest absolute Gasteiger partial charge is 0.354 e. The normalized spacial score (nSPS) is 22.7. The number of nitrogens with two attached hydrogens (primary N) is 1. The van der Waals surface area contributed by atoms with Crippen molar-refractivity contribution in [2.45, 2.75) is 62.3 Å². The quantitative estimate of drug-likeness (QED) is 0.395. The number of piperazine rings is 1. The summed E-state index contributed by atoms with van der Waals surface area (Å²) < 4.78 is 59.6. The lowest BCUT2D eigenvalue weighted by Crippen LogP contribution is -2.49. The Morgan fingerprint density at radius 2 is 1.75 bits per heavy atom. The molecular formula is C30H39ClF2N6O4S. The van der Waals surface area contributed by atoms with Crippen LogP contribution in [0.15, 0.2) is 41.3 Å². The molecule has 0 radical (unpaired) electrons. The van der Waals surface area contributed by atoms with Gasteiger partial charge in [-0.1, -0.05) is 11.6 Å². The van der Waals surface area contributed by atoms with Crippen molar-refractivity contribution >= 4 is 44.9 Å². The molecule has 0 bridgehead atoms. The van der Waals surface area contributed by atoms with Crippen molar-refractivity contribution in [3.63, 3.8) is 0 Å². The maximum Gasteiger partial charge on any atom is 0.276 e. The molecule has 3 fully saturated rings. The zero-order valence-electron chi connectivity index (χ0n) is 24.7. The van der Waals surface area contributed by atoms with Crippen LogP contribution in [-0.2, 0) is 25.5 Å². The van der Waals surface area contributed by atoms with Gasteiger partial charge in [0.1, 0.15) is 11.0 Å². The maximum absolute atomic E-state index is 15.8. The fourth-order valence-corrected chi connectivity index (χ4v) is 7.86. The topological polar surface area (TPSA) is 129 Å². The molecule has 1 unspecified atom stereocenters. The summed E-state index contributed by atoms with van der Waals surface area (Å²) in [7, 11) is -3.79. The number of halogens is 3. The van der Waals surface area contributed by atoms with Crippen molar-refractivity contribution in [2.24, 2.45) is 17.6 Å². The number of aromatic nitrogens is 1. The summed E-state index contributed by atoms with van der Waals surface area (Å²) in [6, 6.07) is 8.68. The number of amides is 2.